The van der Waals surface area contributed by atoms with Gasteiger partial charge in [-0.05, 0) is 5.56 Å². The maximum Gasteiger partial charge on any atom is 0.390 e. The Bertz CT molecular complexity index is 562. The number of non-ortho nitro benzene ring substituents is 1. The molecule has 0 spiro atoms. The highest BCUT2D eigenvalue weighted by atomic mass is 19.4. The van der Waals surface area contributed by atoms with Crippen LogP contribution >= 0.6 is 0 Å². The summed E-state index contributed by atoms with van der Waals surface area (Å²) in [7, 11) is 0. The third-order valence-corrected chi connectivity index (χ3v) is 3.11. The van der Waals surface area contributed by atoms with Gasteiger partial charge in [-0.2, -0.15) is 13.2 Å². The van der Waals surface area contributed by atoms with E-state index in [0.717, 1.165) is 4.90 Å². The molecular weight excluding hydrogens is 291 g/mol. The van der Waals surface area contributed by atoms with Gasteiger partial charge in [0, 0.05) is 18.7 Å². The van der Waals surface area contributed by atoms with Crippen LogP contribution in [0, 0.1) is 10.1 Å². The molecule has 6 nitrogen and oxygen atoms in total. The maximum atomic E-state index is 12.3. The summed E-state index contributed by atoms with van der Waals surface area (Å²) < 4.78 is 36.9. The molecule has 0 radical (unpaired) electrons. The lowest BCUT2D eigenvalue weighted by Crippen LogP contribution is -2.33. The van der Waals surface area contributed by atoms with Crippen LogP contribution in [-0.4, -0.2) is 35.0 Å². The van der Waals surface area contributed by atoms with Crippen molar-refractivity contribution in [3.05, 3.63) is 39.9 Å². The fourth-order valence-electron chi connectivity index (χ4n) is 2.15. The first-order valence-electron chi connectivity index (χ1n) is 6.12. The second-order valence-electron chi connectivity index (χ2n) is 4.59. The molecule has 1 N–H and O–H groups in total. The smallest absolute Gasteiger partial charge is 0.321 e. The average molecular weight is 303 g/mol. The monoisotopic (exact) mass is 303 g/mol. The van der Waals surface area contributed by atoms with E-state index in [9.17, 15) is 28.1 Å². The van der Waals surface area contributed by atoms with E-state index in [2.05, 4.69) is 5.32 Å². The van der Waals surface area contributed by atoms with Crippen molar-refractivity contribution in [2.24, 2.45) is 0 Å². The average Bonchev–Trinajstić information content (AvgIpc) is 2.77. The molecule has 21 heavy (non-hydrogen) atoms. The summed E-state index contributed by atoms with van der Waals surface area (Å²) in [6.45, 7) is -0.575. The van der Waals surface area contributed by atoms with Crippen molar-refractivity contribution in [3.63, 3.8) is 0 Å². The number of nitrogens with one attached hydrogen (secondary N) is 1. The standard InChI is InChI=1S/C12H12F3N3O3/c13-12(14,15)4-5-17-10(19)7-16-11(17)8-2-1-3-9(6-8)18(20)21/h1-3,6,11,16H,4-5,7H2. The fourth-order valence-corrected chi connectivity index (χ4v) is 2.15. The molecule has 1 unspecified atom stereocenters. The van der Waals surface area contributed by atoms with E-state index in [4.69, 9.17) is 0 Å². The van der Waals surface area contributed by atoms with Crippen LogP contribution in [0.5, 0.6) is 0 Å². The highest BCUT2D eigenvalue weighted by Crippen LogP contribution is 2.28. The van der Waals surface area contributed by atoms with Crippen LogP contribution in [-0.2, 0) is 4.79 Å². The van der Waals surface area contributed by atoms with Crippen molar-refractivity contribution in [3.8, 4) is 0 Å². The highest BCUT2D eigenvalue weighted by Gasteiger charge is 2.36. The normalized spacial score (nSPS) is 19.1. The number of halogens is 3. The quantitative estimate of drug-likeness (QED) is 0.681. The van der Waals surface area contributed by atoms with E-state index in [0.29, 0.717) is 5.56 Å². The van der Waals surface area contributed by atoms with Gasteiger partial charge < -0.3 is 4.90 Å². The Labute approximate surface area is 117 Å². The molecule has 1 heterocycles. The molecular formula is C12H12F3N3O3. The molecule has 1 aliphatic rings. The minimum atomic E-state index is -4.36. The van der Waals surface area contributed by atoms with Gasteiger partial charge in [-0.25, -0.2) is 0 Å². The van der Waals surface area contributed by atoms with Crippen molar-refractivity contribution >= 4 is 11.6 Å². The molecule has 1 aromatic carbocycles. The number of alkyl halides is 3. The summed E-state index contributed by atoms with van der Waals surface area (Å²) in [5.41, 5.74) is 0.210. The molecule has 1 atom stereocenters. The highest BCUT2D eigenvalue weighted by molar-refractivity contribution is 5.81. The van der Waals surface area contributed by atoms with Gasteiger partial charge >= 0.3 is 6.18 Å². The van der Waals surface area contributed by atoms with Gasteiger partial charge in [0.1, 0.15) is 6.17 Å². The van der Waals surface area contributed by atoms with Gasteiger partial charge in [0.25, 0.3) is 5.69 Å². The summed E-state index contributed by atoms with van der Waals surface area (Å²) in [5.74, 6) is -0.462. The zero-order valence-corrected chi connectivity index (χ0v) is 10.8. The van der Waals surface area contributed by atoms with Crippen LogP contribution in [0.4, 0.5) is 18.9 Å². The topological polar surface area (TPSA) is 75.5 Å². The molecule has 1 amide bonds. The summed E-state index contributed by atoms with van der Waals surface area (Å²) in [6.07, 6.45) is -6.26. The Kier molecular flexibility index (Phi) is 4.12. The SMILES string of the molecule is O=C1CNC(c2cccc([N+](=O)[O-])c2)N1CCC(F)(F)F. The maximum absolute atomic E-state index is 12.3. The minimum absolute atomic E-state index is 0.0920. The third-order valence-electron chi connectivity index (χ3n) is 3.11. The number of nitro groups is 1. The molecule has 0 aromatic heterocycles. The molecule has 0 bridgehead atoms. The molecule has 0 aliphatic carbocycles. The second-order valence-corrected chi connectivity index (χ2v) is 4.59. The number of carbonyl (C=O) groups excluding carboxylic acids is 1. The Morgan fingerprint density at radius 1 is 1.43 bits per heavy atom. The summed E-state index contributed by atoms with van der Waals surface area (Å²) in [6, 6.07) is 5.49. The number of amides is 1. The van der Waals surface area contributed by atoms with Gasteiger partial charge in [0.05, 0.1) is 17.9 Å². The zero-order chi connectivity index (χ0) is 15.6. The first-order valence-corrected chi connectivity index (χ1v) is 6.12. The van der Waals surface area contributed by atoms with Crippen LogP contribution in [0.15, 0.2) is 24.3 Å². The van der Waals surface area contributed by atoms with Crippen LogP contribution in [0.1, 0.15) is 18.2 Å². The number of hydrogen-bond donors (Lipinski definition) is 1. The summed E-state index contributed by atoms with van der Waals surface area (Å²) in [4.78, 5) is 22.8. The van der Waals surface area contributed by atoms with E-state index < -0.39 is 36.1 Å². The predicted molar refractivity (Wildman–Crippen MR) is 66.2 cm³/mol. The van der Waals surface area contributed by atoms with E-state index in [1.165, 1.54) is 24.3 Å². The largest absolute Gasteiger partial charge is 0.390 e. The first-order chi connectivity index (χ1) is 9.78. The Balaban J connectivity index is 2.19. The number of rotatable bonds is 4. The molecule has 1 fully saturated rings. The lowest BCUT2D eigenvalue weighted by Gasteiger charge is -2.25. The molecule has 2 rings (SSSR count). The van der Waals surface area contributed by atoms with Crippen molar-refractivity contribution in [1.29, 1.82) is 0 Å². The van der Waals surface area contributed by atoms with Gasteiger partial charge in [-0.1, -0.05) is 12.1 Å². The van der Waals surface area contributed by atoms with Gasteiger partial charge in [-0.15, -0.1) is 0 Å². The van der Waals surface area contributed by atoms with Crippen molar-refractivity contribution in [2.45, 2.75) is 18.8 Å². The predicted octanol–water partition coefficient (Wildman–Crippen LogP) is 1.98. The van der Waals surface area contributed by atoms with Crippen LogP contribution < -0.4 is 5.32 Å². The van der Waals surface area contributed by atoms with E-state index >= 15 is 0 Å². The molecule has 114 valence electrons. The fraction of sp³-hybridized carbons (Fsp3) is 0.417. The molecule has 1 aliphatic heterocycles. The third kappa shape index (κ3) is 3.69. The number of carbonyl (C=O) groups is 1. The number of hydrogen-bond acceptors (Lipinski definition) is 4. The Morgan fingerprint density at radius 2 is 2.14 bits per heavy atom. The molecule has 1 saturated heterocycles. The molecule has 0 saturated carbocycles. The van der Waals surface area contributed by atoms with E-state index in [1.54, 1.807) is 0 Å². The van der Waals surface area contributed by atoms with Crippen LogP contribution in [0.3, 0.4) is 0 Å². The van der Waals surface area contributed by atoms with Crippen LogP contribution in [0.25, 0.3) is 0 Å². The lowest BCUT2D eigenvalue weighted by molar-refractivity contribution is -0.385. The number of nitro benzene ring substituents is 1. The Hall–Kier alpha value is -2.16. The number of nitrogens with zero attached hydrogens (tertiary/aromatic N) is 2. The minimum Gasteiger partial charge on any atom is -0.321 e. The van der Waals surface area contributed by atoms with E-state index in [1.807, 2.05) is 0 Å². The Morgan fingerprint density at radius 3 is 2.76 bits per heavy atom. The number of benzene rings is 1. The lowest BCUT2D eigenvalue weighted by atomic mass is 10.1. The van der Waals surface area contributed by atoms with Crippen molar-refractivity contribution in [1.82, 2.24) is 10.2 Å². The molecule has 9 heteroatoms. The first kappa shape index (κ1) is 15.2. The van der Waals surface area contributed by atoms with Crippen molar-refractivity contribution < 1.29 is 22.9 Å². The second kappa shape index (κ2) is 5.68. The van der Waals surface area contributed by atoms with Gasteiger partial charge in [-0.3, -0.25) is 20.2 Å². The van der Waals surface area contributed by atoms with Crippen molar-refractivity contribution in [2.75, 3.05) is 13.1 Å². The van der Waals surface area contributed by atoms with Gasteiger partial charge in [0.15, 0.2) is 0 Å². The zero-order valence-electron chi connectivity index (χ0n) is 10.8. The van der Waals surface area contributed by atoms with E-state index in [-0.39, 0.29) is 12.2 Å². The molecule has 1 aromatic rings. The summed E-state index contributed by atoms with van der Waals surface area (Å²) >= 11 is 0. The van der Waals surface area contributed by atoms with Crippen LogP contribution in [0.2, 0.25) is 0 Å². The summed E-state index contributed by atoms with van der Waals surface area (Å²) in [5, 5.41) is 13.5. The van der Waals surface area contributed by atoms with Gasteiger partial charge in [0.2, 0.25) is 5.91 Å².